The zero-order valence-electron chi connectivity index (χ0n) is 27.9. The first-order valence-electron chi connectivity index (χ1n) is 15.4. The van der Waals surface area contributed by atoms with Crippen molar-refractivity contribution in [1.82, 2.24) is 0 Å². The van der Waals surface area contributed by atoms with Gasteiger partial charge in [0.2, 0.25) is 11.6 Å². The summed E-state index contributed by atoms with van der Waals surface area (Å²) in [4.78, 5) is 14.6. The Morgan fingerprint density at radius 1 is 0.795 bits per heavy atom. The number of hydrogen-bond acceptors (Lipinski definition) is 11. The van der Waals surface area contributed by atoms with Gasteiger partial charge in [-0.3, -0.25) is 4.79 Å². The molecule has 1 aromatic carbocycles. The van der Waals surface area contributed by atoms with Crippen molar-refractivity contribution in [3.8, 4) is 5.75 Å². The van der Waals surface area contributed by atoms with E-state index in [-0.39, 0.29) is 24.9 Å². The van der Waals surface area contributed by atoms with Crippen molar-refractivity contribution < 1.29 is 51.9 Å². The van der Waals surface area contributed by atoms with Gasteiger partial charge in [0, 0.05) is 33.2 Å². The molecule has 11 nitrogen and oxygen atoms in total. The molecule has 1 aromatic rings. The molecule has 0 spiro atoms. The van der Waals surface area contributed by atoms with Crippen LogP contribution in [0.25, 0.3) is 0 Å². The average Bonchev–Trinajstić information content (AvgIpc) is 3.30. The monoisotopic (exact) mass is 638 g/mol. The van der Waals surface area contributed by atoms with E-state index in [1.807, 2.05) is 38.1 Å². The zero-order valence-corrected chi connectivity index (χ0v) is 28.9. The van der Waals surface area contributed by atoms with E-state index in [1.165, 1.54) is 0 Å². The van der Waals surface area contributed by atoms with Crippen LogP contribution < -0.4 is 4.74 Å². The van der Waals surface area contributed by atoms with Gasteiger partial charge in [-0.2, -0.15) is 0 Å². The van der Waals surface area contributed by atoms with Gasteiger partial charge < -0.3 is 47.1 Å². The van der Waals surface area contributed by atoms with E-state index in [0.717, 1.165) is 11.3 Å². The van der Waals surface area contributed by atoms with Crippen molar-refractivity contribution in [1.29, 1.82) is 0 Å². The number of ketones is 1. The Morgan fingerprint density at radius 3 is 1.95 bits per heavy atom. The molecular weight excluding hydrogens is 588 g/mol. The second-order valence-electron chi connectivity index (χ2n) is 13.9. The highest BCUT2D eigenvalue weighted by Crippen LogP contribution is 2.55. The molecule has 5 rings (SSSR count). The lowest BCUT2D eigenvalue weighted by Gasteiger charge is -2.62. The Balaban J connectivity index is 1.63. The van der Waals surface area contributed by atoms with E-state index in [1.54, 1.807) is 42.3 Å². The van der Waals surface area contributed by atoms with E-state index in [0.29, 0.717) is 0 Å². The molecular formula is C32H50O11Si. The summed E-state index contributed by atoms with van der Waals surface area (Å²) in [6, 6.07) is 7.70. The molecule has 2 aliphatic heterocycles. The standard InChI is InChI=1S/C32H50O11Si/c1-30(2)39-28-23(33)21-22(26(29(28)40-30)38-16-18-12-14-19(35-6)15-13-18)27-25(20(17-34-5)24(21)43-44(9,10)11)41-31(3,36-7)32(4,37-8)42-27/h12-15,20-22,24-29H,16-17H2,1-11H3/t20-,21-,22+,24-,25-,26-,27-,28+,29-,31+,32+/m1/s1. The molecule has 248 valence electrons. The van der Waals surface area contributed by atoms with Gasteiger partial charge in [0.15, 0.2) is 19.9 Å². The number of benzene rings is 1. The minimum atomic E-state index is -2.21. The van der Waals surface area contributed by atoms with Crippen LogP contribution in [0.2, 0.25) is 19.6 Å². The quantitative estimate of drug-likeness (QED) is 0.348. The molecule has 0 amide bonds. The predicted molar refractivity (Wildman–Crippen MR) is 162 cm³/mol. The predicted octanol–water partition coefficient (Wildman–Crippen LogP) is 3.92. The van der Waals surface area contributed by atoms with Crippen molar-refractivity contribution in [3.63, 3.8) is 0 Å². The highest BCUT2D eigenvalue weighted by Gasteiger charge is 2.71. The Kier molecular flexibility index (Phi) is 9.47. The zero-order chi connectivity index (χ0) is 32.2. The normalized spacial score (nSPS) is 41.5. The van der Waals surface area contributed by atoms with Crippen LogP contribution in [-0.2, 0) is 53.7 Å². The van der Waals surface area contributed by atoms with Crippen molar-refractivity contribution in [3.05, 3.63) is 29.8 Å². The van der Waals surface area contributed by atoms with Crippen molar-refractivity contribution in [2.45, 2.75) is 108 Å². The molecule has 44 heavy (non-hydrogen) atoms. The number of hydrogen-bond donors (Lipinski definition) is 0. The summed E-state index contributed by atoms with van der Waals surface area (Å²) in [7, 11) is 4.19. The Morgan fingerprint density at radius 2 is 1.41 bits per heavy atom. The molecule has 2 aliphatic carbocycles. The van der Waals surface area contributed by atoms with Gasteiger partial charge in [0.05, 0.1) is 50.7 Å². The number of carbonyl (C=O) groups is 1. The number of fused-ring (bicyclic) bond motifs is 4. The highest BCUT2D eigenvalue weighted by atomic mass is 28.4. The largest absolute Gasteiger partial charge is 0.497 e. The maximum absolute atomic E-state index is 14.6. The van der Waals surface area contributed by atoms with Crippen LogP contribution in [0, 0.1) is 17.8 Å². The maximum atomic E-state index is 14.6. The first kappa shape index (κ1) is 33.9. The van der Waals surface area contributed by atoms with Crippen molar-refractivity contribution in [2.75, 3.05) is 35.0 Å². The number of methoxy groups -OCH3 is 4. The molecule has 12 heteroatoms. The molecule has 0 bridgehead atoms. The lowest BCUT2D eigenvalue weighted by molar-refractivity contribution is -0.468. The van der Waals surface area contributed by atoms with Crippen LogP contribution in [0.5, 0.6) is 5.75 Å². The smallest absolute Gasteiger partial charge is 0.220 e. The van der Waals surface area contributed by atoms with Gasteiger partial charge in [-0.05, 0) is 65.0 Å². The average molecular weight is 639 g/mol. The SMILES string of the molecule is COC[C@H]1[C@H]2O[C@](C)(OC)[C@@](C)(OC)O[C@@H]2[C@@H]2[C@@H](OCc3ccc(OC)cc3)[C@H]3OC(C)(C)O[C@H]3C(=O)[C@@H]2[C@@H]1O[Si](C)(C)C. The van der Waals surface area contributed by atoms with Gasteiger partial charge in [-0.1, -0.05) is 12.1 Å². The van der Waals surface area contributed by atoms with E-state index >= 15 is 0 Å². The third kappa shape index (κ3) is 6.03. The molecule has 0 N–H and O–H groups in total. The van der Waals surface area contributed by atoms with Gasteiger partial charge in [0.1, 0.15) is 18.0 Å². The summed E-state index contributed by atoms with van der Waals surface area (Å²) in [5, 5.41) is 0. The molecule has 0 unspecified atom stereocenters. The second kappa shape index (κ2) is 12.3. The van der Waals surface area contributed by atoms with Crippen LogP contribution >= 0.6 is 0 Å². The molecule has 4 fully saturated rings. The van der Waals surface area contributed by atoms with Gasteiger partial charge in [-0.25, -0.2) is 0 Å². The Hall–Kier alpha value is -1.45. The number of Topliss-reactive ketones (excluding diaryl/α,β-unsaturated/α-hetero) is 1. The van der Waals surface area contributed by atoms with Crippen molar-refractivity contribution >= 4 is 14.1 Å². The van der Waals surface area contributed by atoms with Crippen LogP contribution in [0.3, 0.4) is 0 Å². The van der Waals surface area contributed by atoms with E-state index < -0.39 is 74.1 Å². The van der Waals surface area contributed by atoms with E-state index in [4.69, 9.17) is 47.1 Å². The summed E-state index contributed by atoms with van der Waals surface area (Å²) in [5.41, 5.74) is 0.947. The number of rotatable bonds is 10. The number of ether oxygens (including phenoxy) is 9. The fourth-order valence-electron chi connectivity index (χ4n) is 7.31. The Bertz CT molecular complexity index is 1170. The third-order valence-electron chi connectivity index (χ3n) is 9.53. The minimum absolute atomic E-state index is 0.0829. The van der Waals surface area contributed by atoms with Crippen molar-refractivity contribution in [2.24, 2.45) is 17.8 Å². The van der Waals surface area contributed by atoms with Gasteiger partial charge >= 0.3 is 0 Å². The maximum Gasteiger partial charge on any atom is 0.220 e. The molecule has 2 heterocycles. The lowest BCUT2D eigenvalue weighted by Crippen LogP contribution is -2.76. The van der Waals surface area contributed by atoms with E-state index in [9.17, 15) is 4.79 Å². The molecule has 4 aliphatic rings. The molecule has 0 aromatic heterocycles. The summed E-state index contributed by atoms with van der Waals surface area (Å²) in [6.07, 6.45) is -3.87. The second-order valence-corrected chi connectivity index (χ2v) is 18.4. The first-order chi connectivity index (χ1) is 20.6. The first-order valence-corrected chi connectivity index (χ1v) is 18.8. The summed E-state index contributed by atoms with van der Waals surface area (Å²) in [6.45, 7) is 14.1. The highest BCUT2D eigenvalue weighted by molar-refractivity contribution is 6.69. The molecule has 2 saturated carbocycles. The number of carbonyl (C=O) groups excluding carboxylic acids is 1. The molecule has 11 atom stereocenters. The van der Waals surface area contributed by atoms with Gasteiger partial charge in [-0.15, -0.1) is 0 Å². The fraction of sp³-hybridized carbons (Fsp3) is 0.781. The minimum Gasteiger partial charge on any atom is -0.497 e. The van der Waals surface area contributed by atoms with Gasteiger partial charge in [0.25, 0.3) is 0 Å². The van der Waals surface area contributed by atoms with Crippen LogP contribution in [0.15, 0.2) is 24.3 Å². The molecule has 0 radical (unpaired) electrons. The van der Waals surface area contributed by atoms with Crippen LogP contribution in [0.4, 0.5) is 0 Å². The van der Waals surface area contributed by atoms with Crippen LogP contribution in [-0.4, -0.2) is 103 Å². The lowest BCUT2D eigenvalue weighted by atomic mass is 9.59. The summed E-state index contributed by atoms with van der Waals surface area (Å²) in [5.74, 6) is -4.39. The topological polar surface area (TPSA) is 109 Å². The summed E-state index contributed by atoms with van der Waals surface area (Å²) < 4.78 is 63.1. The Labute approximate surface area is 262 Å². The molecule has 2 saturated heterocycles. The van der Waals surface area contributed by atoms with Crippen LogP contribution in [0.1, 0.15) is 33.3 Å². The fourth-order valence-corrected chi connectivity index (χ4v) is 8.45. The summed E-state index contributed by atoms with van der Waals surface area (Å²) >= 11 is 0. The third-order valence-corrected chi connectivity index (χ3v) is 10.5. The van der Waals surface area contributed by atoms with E-state index in [2.05, 4.69) is 19.6 Å².